The Bertz CT molecular complexity index is 5280. The molecule has 108 heavy (non-hydrogen) atoms. The first-order valence-electron chi connectivity index (χ1n) is 34.4. The Morgan fingerprint density at radius 1 is 0.491 bits per heavy atom. The highest BCUT2D eigenvalue weighted by molar-refractivity contribution is 7.93. The summed E-state index contributed by atoms with van der Waals surface area (Å²) in [6.45, 7) is 0.792. The number of sulfone groups is 3. The molecule has 0 atom stereocenters. The molecule has 580 valence electrons. The van der Waals surface area contributed by atoms with Crippen molar-refractivity contribution in [1.82, 2.24) is 18.3 Å². The third-order valence-corrected chi connectivity index (χ3v) is 25.4. The number of hydrogen-bond donors (Lipinski definition) is 0. The molecule has 0 bridgehead atoms. The number of aromatic nitrogens is 4. The maximum Gasteiger partial charge on any atom is 0.387 e. The fourth-order valence-electron chi connectivity index (χ4n) is 14.2. The van der Waals surface area contributed by atoms with Gasteiger partial charge in [-0.3, -0.25) is 37.6 Å². The number of rotatable bonds is 24. The summed E-state index contributed by atoms with van der Waals surface area (Å²) in [5, 5.41) is 0. The second-order valence-electron chi connectivity index (χ2n) is 29.5. The molecule has 13 rings (SSSR count). The van der Waals surface area contributed by atoms with Crippen molar-refractivity contribution in [3.63, 3.8) is 0 Å². The number of fused-ring (bicyclic) bond motifs is 3. The molecule has 1 aliphatic carbocycles. The predicted molar refractivity (Wildman–Crippen MR) is 386 cm³/mol. The molecular weight excluding hydrogens is 1500 g/mol. The van der Waals surface area contributed by atoms with E-state index in [4.69, 9.17) is 0 Å². The normalized spacial score (nSPS) is 18.2. The molecule has 3 saturated heterocycles. The molecule has 0 spiro atoms. The summed E-state index contributed by atoms with van der Waals surface area (Å²) in [5.41, 5.74) is 1.31. The fourth-order valence-corrected chi connectivity index (χ4v) is 20.1. The number of Topliss-reactive ketones (excluding diaryl/α,β-unsaturated/α-hetero) is 3. The van der Waals surface area contributed by atoms with Crippen molar-refractivity contribution < 1.29 is 97.8 Å². The van der Waals surface area contributed by atoms with Crippen LogP contribution in [0.2, 0.25) is 0 Å². The van der Waals surface area contributed by atoms with Crippen LogP contribution in [0.15, 0.2) is 149 Å². The lowest BCUT2D eigenvalue weighted by molar-refractivity contribution is -0.0505. The van der Waals surface area contributed by atoms with Crippen LogP contribution in [0.3, 0.4) is 0 Å². The molecule has 5 aliphatic rings. The first kappa shape index (κ1) is 79.8. The Balaban J connectivity index is 0.000000161. The topological polar surface area (TPSA) is 242 Å². The van der Waals surface area contributed by atoms with Gasteiger partial charge in [-0.15, -0.1) is 0 Å². The number of imidazole rings is 2. The Labute approximate surface area is 615 Å². The summed E-state index contributed by atoms with van der Waals surface area (Å²) in [6, 6.07) is 31.6. The van der Waals surface area contributed by atoms with Gasteiger partial charge in [-0.05, 0) is 147 Å². The van der Waals surface area contributed by atoms with Crippen molar-refractivity contribution in [2.24, 2.45) is 16.2 Å². The Kier molecular flexibility index (Phi) is 22.4. The molecule has 0 radical (unpaired) electrons. The molecule has 2 aromatic heterocycles. The van der Waals surface area contributed by atoms with Crippen molar-refractivity contribution in [2.75, 3.05) is 44.3 Å². The number of carbonyl (C=O) groups is 3. The second-order valence-corrected chi connectivity index (χ2v) is 36.2. The summed E-state index contributed by atoms with van der Waals surface area (Å²) in [5.74, 6) is -6.57. The van der Waals surface area contributed by atoms with Gasteiger partial charge in [0, 0.05) is 85.5 Å². The zero-order valence-electron chi connectivity index (χ0n) is 59.3. The van der Waals surface area contributed by atoms with Gasteiger partial charge < -0.3 is 19.1 Å². The van der Waals surface area contributed by atoms with Crippen molar-refractivity contribution in [3.05, 3.63) is 177 Å². The number of benzene rings is 6. The quantitative estimate of drug-likeness (QED) is 0.0403. The minimum Gasteiger partial charge on any atom is -0.435 e. The molecule has 8 aromatic rings. The molecular formula is C75H78F10N6O14S3. The lowest BCUT2D eigenvalue weighted by Crippen LogP contribution is -2.47. The predicted octanol–water partition coefficient (Wildman–Crippen LogP) is 15.0. The van der Waals surface area contributed by atoms with Gasteiger partial charge in [0.05, 0.1) is 91.6 Å². The zero-order valence-corrected chi connectivity index (χ0v) is 61.7. The molecule has 20 nitrogen and oxygen atoms in total. The first-order valence-corrected chi connectivity index (χ1v) is 39.9. The van der Waals surface area contributed by atoms with Crippen LogP contribution in [0.1, 0.15) is 130 Å². The van der Waals surface area contributed by atoms with Crippen LogP contribution in [0, 0.1) is 16.2 Å². The maximum atomic E-state index is 13.9. The molecule has 6 aromatic carbocycles. The van der Waals surface area contributed by atoms with Crippen LogP contribution < -0.4 is 35.4 Å². The average Bonchev–Trinajstić information content (AvgIpc) is 1.54. The van der Waals surface area contributed by atoms with Gasteiger partial charge in [0.1, 0.15) is 42.7 Å². The number of nitrogens with zero attached hydrogens (tertiary/aromatic N) is 6. The lowest BCUT2D eigenvalue weighted by Gasteiger charge is -2.37. The summed E-state index contributed by atoms with van der Waals surface area (Å²) in [4.78, 5) is 70.0. The lowest BCUT2D eigenvalue weighted by atomic mass is 9.78. The molecule has 4 fully saturated rings. The van der Waals surface area contributed by atoms with Gasteiger partial charge in [0.2, 0.25) is 5.92 Å². The van der Waals surface area contributed by atoms with Crippen LogP contribution >= 0.6 is 0 Å². The average molecular weight is 1570 g/mol. The number of ketones is 3. The number of anilines is 3. The SMILES string of the molecule is C=C1N(c2cccc(OC(F)F)c2)c2ccc(C(=O)CC3(C)CCS(=O)(=O)CC3)cc2N1C1CC1.CC(F)(F)CCn1c(=O)n(-c2cccc(OC(F)F)c2)c2ccc(C(=O)CC3(C)CCS(=O)(=O)CC3)cc21.CC(F)(F)Cn1c(=O)n(-c2cccc(OC(F)F)c2)c2ccc(C(=O)CC3(C)CS(=O)(=O)C3)cc21. The van der Waals surface area contributed by atoms with Crippen LogP contribution in [-0.4, -0.2) is 133 Å². The summed E-state index contributed by atoms with van der Waals surface area (Å²) >= 11 is 0. The summed E-state index contributed by atoms with van der Waals surface area (Å²) < 4.78 is 220. The van der Waals surface area contributed by atoms with Crippen molar-refractivity contribution in [2.45, 2.75) is 150 Å². The Hall–Kier alpha value is -9.24. The van der Waals surface area contributed by atoms with Crippen molar-refractivity contribution in [1.29, 1.82) is 0 Å². The van der Waals surface area contributed by atoms with E-state index in [1.807, 2.05) is 30.9 Å². The standard InChI is InChI=1S/C26H28F4N2O5S.C26H28F2N2O4S.C23H22F4N2O5S/c1-25(9-12-38(35,36)13-10-25)16-22(33)17-6-7-20-21(14-17)31(11-8-26(2,29)30)24(34)32(20)18-4-3-5-19(15-18)37-23(27)28;1-17-29(19-7-8-19)23-14-18(24(31)16-26(2)10-12-35(32,33)13-11-26)6-9-22(23)30(17)20-4-3-5-21(15-20)34-25(27)28;1-22(12-35(32,33)13-22)10-19(30)14-6-7-17-18(8-14)28(11-23(2,26)27)21(31)29(17)15-4-3-5-16(9-15)34-20(24)25/h3-7,14-15,23H,8-13,16H2,1-2H3;3-6,9,14-15,19,25H,1,7-8,10-13,16H2,2H3;3-9,20H,10-13H2,1-2H3. The Morgan fingerprint density at radius 3 is 1.29 bits per heavy atom. The van der Waals surface area contributed by atoms with Crippen LogP contribution in [0.5, 0.6) is 17.2 Å². The molecule has 0 unspecified atom stereocenters. The number of hydrogen-bond acceptors (Lipinski definition) is 16. The highest BCUT2D eigenvalue weighted by Crippen LogP contribution is 2.51. The number of halogens is 10. The fraction of sp³-hybridized carbons (Fsp3) is 0.427. The van der Waals surface area contributed by atoms with E-state index in [2.05, 4.69) is 25.7 Å². The van der Waals surface area contributed by atoms with Crippen LogP contribution in [-0.2, 0) is 42.6 Å². The van der Waals surface area contributed by atoms with E-state index < -0.39 is 96.4 Å². The van der Waals surface area contributed by atoms with Gasteiger partial charge >= 0.3 is 31.2 Å². The molecule has 4 aliphatic heterocycles. The van der Waals surface area contributed by atoms with Crippen LogP contribution in [0.4, 0.5) is 61.0 Å². The Morgan fingerprint density at radius 2 is 0.880 bits per heavy atom. The molecule has 0 N–H and O–H groups in total. The van der Waals surface area contributed by atoms with E-state index in [9.17, 15) is 93.1 Å². The van der Waals surface area contributed by atoms with Gasteiger partial charge in [-0.2, -0.15) is 26.3 Å². The third kappa shape index (κ3) is 18.9. The van der Waals surface area contributed by atoms with Crippen molar-refractivity contribution >= 4 is 86.0 Å². The van der Waals surface area contributed by atoms with E-state index in [-0.39, 0.29) is 139 Å². The molecule has 1 saturated carbocycles. The number of aryl methyl sites for hydroxylation is 1. The molecule has 0 amide bonds. The van der Waals surface area contributed by atoms with Gasteiger partial charge in [0.15, 0.2) is 27.2 Å². The largest absolute Gasteiger partial charge is 0.435 e. The number of carbonyl (C=O) groups excluding carboxylic acids is 3. The molecule has 6 heterocycles. The maximum absolute atomic E-state index is 13.9. The van der Waals surface area contributed by atoms with E-state index in [1.54, 1.807) is 31.2 Å². The van der Waals surface area contributed by atoms with E-state index in [1.165, 1.54) is 95.6 Å². The van der Waals surface area contributed by atoms with Crippen molar-refractivity contribution in [3.8, 4) is 28.6 Å². The van der Waals surface area contributed by atoms with Gasteiger partial charge in [0.25, 0.3) is 5.92 Å². The van der Waals surface area contributed by atoms with E-state index in [0.717, 1.165) is 44.8 Å². The highest BCUT2D eigenvalue weighted by Gasteiger charge is 2.47. The summed E-state index contributed by atoms with van der Waals surface area (Å²) in [7, 11) is -9.28. The monoisotopic (exact) mass is 1570 g/mol. The minimum absolute atomic E-state index is 0.0117. The smallest absolute Gasteiger partial charge is 0.387 e. The third-order valence-electron chi connectivity index (χ3n) is 19.8. The van der Waals surface area contributed by atoms with E-state index in [0.29, 0.717) is 61.6 Å². The number of alkyl halides is 10. The van der Waals surface area contributed by atoms with Gasteiger partial charge in [-0.1, -0.05) is 45.5 Å². The number of ether oxygens (including phenoxy) is 3. The molecule has 33 heteroatoms. The second kappa shape index (κ2) is 30.3. The summed E-state index contributed by atoms with van der Waals surface area (Å²) in [6.07, 6.45) is 3.40. The highest BCUT2D eigenvalue weighted by atomic mass is 32.2. The zero-order chi connectivity index (χ0) is 78.6. The van der Waals surface area contributed by atoms with Gasteiger partial charge in [-0.25, -0.2) is 52.4 Å². The van der Waals surface area contributed by atoms with E-state index >= 15 is 0 Å². The van der Waals surface area contributed by atoms with Crippen LogP contribution in [0.25, 0.3) is 33.4 Å². The first-order chi connectivity index (χ1) is 50.4. The minimum atomic E-state index is -3.27.